The number of rotatable bonds is 1. The molecule has 0 aliphatic rings. The molecule has 0 amide bonds. The molecule has 3 heteroatoms. The molecular formula is C11H10FNO. The second kappa shape index (κ2) is 3.35. The van der Waals surface area contributed by atoms with Gasteiger partial charge in [0.25, 0.3) is 0 Å². The molecule has 0 spiro atoms. The zero-order valence-corrected chi connectivity index (χ0v) is 7.74. The molecule has 2 aromatic rings. The Hall–Kier alpha value is -1.48. The Morgan fingerprint density at radius 2 is 2.21 bits per heavy atom. The summed E-state index contributed by atoms with van der Waals surface area (Å²) in [6.45, 7) is 1.61. The number of benzene rings is 1. The number of aromatic nitrogens is 1. The minimum absolute atomic E-state index is 0.334. The molecule has 0 saturated carbocycles. The van der Waals surface area contributed by atoms with E-state index in [1.54, 1.807) is 25.4 Å². The number of fused-ring (bicyclic) bond motifs is 1. The summed E-state index contributed by atoms with van der Waals surface area (Å²) in [5, 5.41) is 11.0. The summed E-state index contributed by atoms with van der Waals surface area (Å²) >= 11 is 0. The normalized spacial score (nSPS) is 13.1. The number of aliphatic hydroxyl groups excluding tert-OH is 1. The van der Waals surface area contributed by atoms with Crippen LogP contribution in [-0.4, -0.2) is 10.1 Å². The van der Waals surface area contributed by atoms with Crippen molar-refractivity contribution in [2.45, 2.75) is 13.0 Å². The highest BCUT2D eigenvalue weighted by molar-refractivity contribution is 5.85. The van der Waals surface area contributed by atoms with Gasteiger partial charge in [-0.2, -0.15) is 0 Å². The lowest BCUT2D eigenvalue weighted by Crippen LogP contribution is -1.94. The van der Waals surface area contributed by atoms with Crippen molar-refractivity contribution in [2.75, 3.05) is 0 Å². The Balaban J connectivity index is 2.80. The number of hydrogen-bond acceptors (Lipinski definition) is 2. The highest BCUT2D eigenvalue weighted by Gasteiger charge is 2.08. The first-order valence-corrected chi connectivity index (χ1v) is 4.39. The first kappa shape index (κ1) is 9.09. The lowest BCUT2D eigenvalue weighted by Gasteiger charge is -2.08. The van der Waals surface area contributed by atoms with Crippen LogP contribution < -0.4 is 0 Å². The van der Waals surface area contributed by atoms with E-state index in [1.807, 2.05) is 0 Å². The lowest BCUT2D eigenvalue weighted by molar-refractivity contribution is 0.200. The zero-order valence-electron chi connectivity index (χ0n) is 7.74. The molecule has 2 nitrogen and oxygen atoms in total. The van der Waals surface area contributed by atoms with Gasteiger partial charge >= 0.3 is 0 Å². The Bertz CT molecular complexity index is 468. The third-order valence-electron chi connectivity index (χ3n) is 2.20. The van der Waals surface area contributed by atoms with Gasteiger partial charge in [-0.1, -0.05) is 0 Å². The van der Waals surface area contributed by atoms with Crippen molar-refractivity contribution >= 4 is 10.8 Å². The van der Waals surface area contributed by atoms with Crippen LogP contribution >= 0.6 is 0 Å². The second-order valence-corrected chi connectivity index (χ2v) is 3.27. The van der Waals surface area contributed by atoms with Gasteiger partial charge < -0.3 is 5.11 Å². The number of pyridine rings is 1. The Morgan fingerprint density at radius 1 is 1.43 bits per heavy atom. The molecular weight excluding hydrogens is 181 g/mol. The van der Waals surface area contributed by atoms with Gasteiger partial charge in [0, 0.05) is 17.8 Å². The van der Waals surface area contributed by atoms with Crippen molar-refractivity contribution in [2.24, 2.45) is 0 Å². The summed E-state index contributed by atoms with van der Waals surface area (Å²) in [7, 11) is 0. The predicted molar refractivity (Wildman–Crippen MR) is 52.3 cm³/mol. The van der Waals surface area contributed by atoms with E-state index >= 15 is 0 Å². The molecule has 72 valence electrons. The lowest BCUT2D eigenvalue weighted by atomic mass is 10.0. The van der Waals surface area contributed by atoms with E-state index in [2.05, 4.69) is 4.98 Å². The maximum absolute atomic E-state index is 13.1. The predicted octanol–water partition coefficient (Wildman–Crippen LogP) is 2.43. The largest absolute Gasteiger partial charge is 0.389 e. The topological polar surface area (TPSA) is 33.1 Å². The van der Waals surface area contributed by atoms with Gasteiger partial charge in [0.05, 0.1) is 6.10 Å². The summed E-state index contributed by atoms with van der Waals surface area (Å²) < 4.78 is 13.1. The molecule has 0 radical (unpaired) electrons. The Morgan fingerprint density at radius 3 is 2.93 bits per heavy atom. The fourth-order valence-electron chi connectivity index (χ4n) is 1.53. The standard InChI is InChI=1S/C11H10FNO/c1-7(14)10-5-9(12)4-8-2-3-13-6-11(8)10/h2-7,14H,1H3. The van der Waals surface area contributed by atoms with E-state index in [0.717, 1.165) is 10.8 Å². The van der Waals surface area contributed by atoms with E-state index in [9.17, 15) is 9.50 Å². The van der Waals surface area contributed by atoms with E-state index in [0.29, 0.717) is 5.56 Å². The van der Waals surface area contributed by atoms with Crippen LogP contribution in [0.1, 0.15) is 18.6 Å². The van der Waals surface area contributed by atoms with Gasteiger partial charge in [-0.3, -0.25) is 4.98 Å². The first-order chi connectivity index (χ1) is 6.68. The number of aliphatic hydroxyl groups is 1. The molecule has 0 aliphatic carbocycles. The van der Waals surface area contributed by atoms with E-state index in [-0.39, 0.29) is 5.82 Å². The molecule has 0 bridgehead atoms. The molecule has 0 fully saturated rings. The highest BCUT2D eigenvalue weighted by Crippen LogP contribution is 2.24. The van der Waals surface area contributed by atoms with E-state index in [4.69, 9.17) is 0 Å². The summed E-state index contributed by atoms with van der Waals surface area (Å²) in [6.07, 6.45) is 2.56. The second-order valence-electron chi connectivity index (χ2n) is 3.27. The molecule has 2 rings (SSSR count). The molecule has 1 unspecified atom stereocenters. The Kier molecular flexibility index (Phi) is 2.17. The monoisotopic (exact) mass is 191 g/mol. The average molecular weight is 191 g/mol. The van der Waals surface area contributed by atoms with Crippen molar-refractivity contribution in [3.63, 3.8) is 0 Å². The zero-order chi connectivity index (χ0) is 10.1. The molecule has 0 saturated heterocycles. The molecule has 0 aliphatic heterocycles. The summed E-state index contributed by atoms with van der Waals surface area (Å²) in [5.41, 5.74) is 0.577. The van der Waals surface area contributed by atoms with Gasteiger partial charge in [-0.25, -0.2) is 4.39 Å². The van der Waals surface area contributed by atoms with Crippen molar-refractivity contribution in [3.05, 3.63) is 42.0 Å². The van der Waals surface area contributed by atoms with Crippen LogP contribution in [0.25, 0.3) is 10.8 Å². The van der Waals surface area contributed by atoms with Crippen LogP contribution in [0.2, 0.25) is 0 Å². The van der Waals surface area contributed by atoms with Crippen molar-refractivity contribution < 1.29 is 9.50 Å². The summed E-state index contributed by atoms with van der Waals surface area (Å²) in [5.74, 6) is -0.334. The third kappa shape index (κ3) is 1.46. The molecule has 1 atom stereocenters. The van der Waals surface area contributed by atoms with Gasteiger partial charge in [0.2, 0.25) is 0 Å². The minimum atomic E-state index is -0.683. The van der Waals surface area contributed by atoms with Crippen molar-refractivity contribution in [1.29, 1.82) is 0 Å². The summed E-state index contributed by atoms with van der Waals surface area (Å²) in [6, 6.07) is 4.50. The molecule has 1 heterocycles. The minimum Gasteiger partial charge on any atom is -0.389 e. The van der Waals surface area contributed by atoms with Gasteiger partial charge in [0.15, 0.2) is 0 Å². The van der Waals surface area contributed by atoms with E-state index in [1.165, 1.54) is 12.1 Å². The Labute approximate surface area is 81.0 Å². The van der Waals surface area contributed by atoms with Crippen LogP contribution in [0.4, 0.5) is 4.39 Å². The fourth-order valence-corrected chi connectivity index (χ4v) is 1.53. The number of hydrogen-bond donors (Lipinski definition) is 1. The van der Waals surface area contributed by atoms with Crippen LogP contribution in [0, 0.1) is 5.82 Å². The maximum atomic E-state index is 13.1. The average Bonchev–Trinajstić information content (AvgIpc) is 2.16. The van der Waals surface area contributed by atoms with Crippen LogP contribution in [0.5, 0.6) is 0 Å². The van der Waals surface area contributed by atoms with E-state index < -0.39 is 6.10 Å². The number of nitrogens with zero attached hydrogens (tertiary/aromatic N) is 1. The fraction of sp³-hybridized carbons (Fsp3) is 0.182. The van der Waals surface area contributed by atoms with Crippen LogP contribution in [0.3, 0.4) is 0 Å². The van der Waals surface area contributed by atoms with Crippen molar-refractivity contribution in [3.8, 4) is 0 Å². The highest BCUT2D eigenvalue weighted by atomic mass is 19.1. The third-order valence-corrected chi connectivity index (χ3v) is 2.20. The molecule has 14 heavy (non-hydrogen) atoms. The number of halogens is 1. The molecule has 1 N–H and O–H groups in total. The van der Waals surface area contributed by atoms with Gasteiger partial charge in [-0.15, -0.1) is 0 Å². The van der Waals surface area contributed by atoms with Gasteiger partial charge in [0.1, 0.15) is 5.82 Å². The smallest absolute Gasteiger partial charge is 0.124 e. The van der Waals surface area contributed by atoms with Crippen LogP contribution in [0.15, 0.2) is 30.6 Å². The van der Waals surface area contributed by atoms with Crippen molar-refractivity contribution in [1.82, 2.24) is 4.98 Å². The molecule has 1 aromatic carbocycles. The maximum Gasteiger partial charge on any atom is 0.124 e. The SMILES string of the molecule is CC(O)c1cc(F)cc2ccncc12. The molecule has 1 aromatic heterocycles. The van der Waals surface area contributed by atoms with Crippen LogP contribution in [-0.2, 0) is 0 Å². The van der Waals surface area contributed by atoms with Gasteiger partial charge in [-0.05, 0) is 36.1 Å². The first-order valence-electron chi connectivity index (χ1n) is 4.39. The summed E-state index contributed by atoms with van der Waals surface area (Å²) in [4.78, 5) is 3.95. The quantitative estimate of drug-likeness (QED) is 0.750.